The summed E-state index contributed by atoms with van der Waals surface area (Å²) in [6, 6.07) is 6.72. The summed E-state index contributed by atoms with van der Waals surface area (Å²) in [6.45, 7) is 4.74. The van der Waals surface area contributed by atoms with Crippen LogP contribution >= 0.6 is 0 Å². The van der Waals surface area contributed by atoms with Crippen LogP contribution in [0.4, 0.5) is 4.39 Å². The highest BCUT2D eigenvalue weighted by molar-refractivity contribution is 5.99. The fourth-order valence-electron chi connectivity index (χ4n) is 2.91. The summed E-state index contributed by atoms with van der Waals surface area (Å²) in [6.07, 6.45) is 5.91. The third kappa shape index (κ3) is 3.31. The van der Waals surface area contributed by atoms with Crippen LogP contribution in [0.15, 0.2) is 42.2 Å². The van der Waals surface area contributed by atoms with Crippen molar-refractivity contribution in [1.29, 1.82) is 0 Å². The summed E-state index contributed by atoms with van der Waals surface area (Å²) in [7, 11) is 0. The molecule has 1 fully saturated rings. The molecule has 118 valence electrons. The molecule has 2 aromatic rings. The van der Waals surface area contributed by atoms with Gasteiger partial charge in [0.25, 0.3) is 0 Å². The second-order valence-electron chi connectivity index (χ2n) is 6.09. The van der Waals surface area contributed by atoms with E-state index in [9.17, 15) is 9.18 Å². The number of rotatable bonds is 2. The summed E-state index contributed by atoms with van der Waals surface area (Å²) in [5.74, 6) is 0.0308. The second-order valence-corrected chi connectivity index (χ2v) is 6.09. The molecule has 1 atom stereocenters. The maximum atomic E-state index is 14.1. The standard InChI is InChI=1S/C19H19FN2O/c1-12-7-16(19(23)22-11-12)8-15-9-17(20)10-18(13(15)2)14-3-5-21-6-4-14/h3-6,8-10,12H,7,11H2,1-2H3,(H,22,23)/b16-8+/t12-/m0/s1. The zero-order valence-electron chi connectivity index (χ0n) is 13.3. The Balaban J connectivity index is 2.07. The first-order chi connectivity index (χ1) is 11.0. The van der Waals surface area contributed by atoms with Crippen LogP contribution in [-0.4, -0.2) is 17.4 Å². The van der Waals surface area contributed by atoms with Gasteiger partial charge in [-0.05, 0) is 71.9 Å². The molecule has 23 heavy (non-hydrogen) atoms. The van der Waals surface area contributed by atoms with Gasteiger partial charge in [0.05, 0.1) is 0 Å². The van der Waals surface area contributed by atoms with Crippen LogP contribution in [0.5, 0.6) is 0 Å². The molecule has 0 saturated carbocycles. The normalized spacial score (nSPS) is 19.7. The Bertz CT molecular complexity index is 768. The number of hydrogen-bond donors (Lipinski definition) is 1. The molecule has 1 saturated heterocycles. The summed E-state index contributed by atoms with van der Waals surface area (Å²) >= 11 is 0. The van der Waals surface area contributed by atoms with Crippen molar-refractivity contribution in [3.8, 4) is 11.1 Å². The highest BCUT2D eigenvalue weighted by Gasteiger charge is 2.20. The van der Waals surface area contributed by atoms with Crippen molar-refractivity contribution in [1.82, 2.24) is 10.3 Å². The fraction of sp³-hybridized carbons (Fsp3) is 0.263. The Morgan fingerprint density at radius 1 is 1.30 bits per heavy atom. The quantitative estimate of drug-likeness (QED) is 0.859. The van der Waals surface area contributed by atoms with Gasteiger partial charge in [0.1, 0.15) is 5.82 Å². The maximum Gasteiger partial charge on any atom is 0.247 e. The number of carbonyl (C=O) groups is 1. The van der Waals surface area contributed by atoms with Crippen molar-refractivity contribution in [2.45, 2.75) is 20.3 Å². The first-order valence-corrected chi connectivity index (χ1v) is 7.74. The Morgan fingerprint density at radius 3 is 2.78 bits per heavy atom. The summed E-state index contributed by atoms with van der Waals surface area (Å²) < 4.78 is 14.1. The van der Waals surface area contributed by atoms with E-state index in [1.54, 1.807) is 12.4 Å². The molecule has 0 bridgehead atoms. The van der Waals surface area contributed by atoms with Gasteiger partial charge in [-0.2, -0.15) is 0 Å². The van der Waals surface area contributed by atoms with Gasteiger partial charge in [-0.3, -0.25) is 9.78 Å². The topological polar surface area (TPSA) is 42.0 Å². The van der Waals surface area contributed by atoms with Crippen LogP contribution in [-0.2, 0) is 4.79 Å². The third-order valence-electron chi connectivity index (χ3n) is 4.20. The number of hydrogen-bond acceptors (Lipinski definition) is 2. The van der Waals surface area contributed by atoms with E-state index in [4.69, 9.17) is 0 Å². The predicted molar refractivity (Wildman–Crippen MR) is 89.1 cm³/mol. The molecule has 0 radical (unpaired) electrons. The third-order valence-corrected chi connectivity index (χ3v) is 4.20. The van der Waals surface area contributed by atoms with Crippen LogP contribution in [0.1, 0.15) is 24.5 Å². The molecule has 1 aromatic carbocycles. The Labute approximate surface area is 135 Å². The van der Waals surface area contributed by atoms with Crippen molar-refractivity contribution in [3.05, 3.63) is 59.2 Å². The average Bonchev–Trinajstić information content (AvgIpc) is 2.55. The minimum absolute atomic E-state index is 0.0581. The molecule has 1 aliphatic heterocycles. The van der Waals surface area contributed by atoms with E-state index < -0.39 is 0 Å². The Morgan fingerprint density at radius 2 is 2.04 bits per heavy atom. The predicted octanol–water partition coefficient (Wildman–Crippen LogP) is 3.74. The number of halogens is 1. The van der Waals surface area contributed by atoms with Gasteiger partial charge < -0.3 is 5.32 Å². The van der Waals surface area contributed by atoms with Crippen LogP contribution in [0.2, 0.25) is 0 Å². The molecular weight excluding hydrogens is 291 g/mol. The minimum Gasteiger partial charge on any atom is -0.352 e. The van der Waals surface area contributed by atoms with Crippen LogP contribution < -0.4 is 5.32 Å². The van der Waals surface area contributed by atoms with E-state index in [2.05, 4.69) is 17.2 Å². The van der Waals surface area contributed by atoms with Crippen LogP contribution in [0.3, 0.4) is 0 Å². The number of piperidine rings is 1. The highest BCUT2D eigenvalue weighted by Crippen LogP contribution is 2.29. The fourth-order valence-corrected chi connectivity index (χ4v) is 2.91. The number of aromatic nitrogens is 1. The van der Waals surface area contributed by atoms with E-state index in [0.29, 0.717) is 24.5 Å². The highest BCUT2D eigenvalue weighted by atomic mass is 19.1. The molecule has 0 spiro atoms. The Kier molecular flexibility index (Phi) is 4.24. The van der Waals surface area contributed by atoms with Gasteiger partial charge in [0.15, 0.2) is 0 Å². The molecule has 2 heterocycles. The molecule has 3 rings (SSSR count). The van der Waals surface area contributed by atoms with E-state index in [1.807, 2.05) is 25.1 Å². The van der Waals surface area contributed by atoms with Crippen molar-refractivity contribution >= 4 is 12.0 Å². The lowest BCUT2D eigenvalue weighted by molar-refractivity contribution is -0.118. The number of amides is 1. The summed E-state index contributed by atoms with van der Waals surface area (Å²) in [4.78, 5) is 16.0. The van der Waals surface area contributed by atoms with E-state index in [-0.39, 0.29) is 11.7 Å². The molecule has 1 aromatic heterocycles. The van der Waals surface area contributed by atoms with Gasteiger partial charge in [-0.15, -0.1) is 0 Å². The number of nitrogens with zero attached hydrogens (tertiary/aromatic N) is 1. The lowest BCUT2D eigenvalue weighted by atomic mass is 9.91. The zero-order valence-corrected chi connectivity index (χ0v) is 13.3. The van der Waals surface area contributed by atoms with Crippen molar-refractivity contribution < 1.29 is 9.18 Å². The molecule has 0 unspecified atom stereocenters. The maximum absolute atomic E-state index is 14.1. The lowest BCUT2D eigenvalue weighted by Gasteiger charge is -2.21. The van der Waals surface area contributed by atoms with Crippen molar-refractivity contribution in [3.63, 3.8) is 0 Å². The molecule has 4 heteroatoms. The zero-order chi connectivity index (χ0) is 16.4. The average molecular weight is 310 g/mol. The summed E-state index contributed by atoms with van der Waals surface area (Å²) in [5, 5.41) is 2.87. The SMILES string of the molecule is Cc1c(/C=C2\C[C@H](C)CNC2=O)cc(F)cc1-c1ccncc1. The lowest BCUT2D eigenvalue weighted by Crippen LogP contribution is -2.35. The molecule has 3 nitrogen and oxygen atoms in total. The number of pyridine rings is 1. The van der Waals surface area contributed by atoms with E-state index >= 15 is 0 Å². The Hall–Kier alpha value is -2.49. The smallest absolute Gasteiger partial charge is 0.247 e. The number of nitrogens with one attached hydrogen (secondary N) is 1. The molecular formula is C19H19FN2O. The summed E-state index contributed by atoms with van der Waals surface area (Å²) in [5.41, 5.74) is 4.15. The van der Waals surface area contributed by atoms with Crippen LogP contribution in [0, 0.1) is 18.7 Å². The van der Waals surface area contributed by atoms with Gasteiger partial charge >= 0.3 is 0 Å². The number of benzene rings is 1. The largest absolute Gasteiger partial charge is 0.352 e. The molecule has 1 amide bonds. The molecule has 1 N–H and O–H groups in total. The van der Waals surface area contributed by atoms with Gasteiger partial charge in [0, 0.05) is 24.5 Å². The second kappa shape index (κ2) is 6.32. The van der Waals surface area contributed by atoms with Gasteiger partial charge in [0.2, 0.25) is 5.91 Å². The van der Waals surface area contributed by atoms with E-state index in [0.717, 1.165) is 22.3 Å². The molecule has 0 aliphatic carbocycles. The molecule has 1 aliphatic rings. The minimum atomic E-state index is -0.307. The van der Waals surface area contributed by atoms with Gasteiger partial charge in [-0.1, -0.05) is 6.92 Å². The van der Waals surface area contributed by atoms with Crippen molar-refractivity contribution in [2.24, 2.45) is 5.92 Å². The number of carbonyl (C=O) groups excluding carboxylic acids is 1. The van der Waals surface area contributed by atoms with Crippen LogP contribution in [0.25, 0.3) is 17.2 Å². The first kappa shape index (κ1) is 15.4. The monoisotopic (exact) mass is 310 g/mol. The van der Waals surface area contributed by atoms with Gasteiger partial charge in [-0.25, -0.2) is 4.39 Å². The first-order valence-electron chi connectivity index (χ1n) is 7.74. The van der Waals surface area contributed by atoms with E-state index in [1.165, 1.54) is 12.1 Å². The van der Waals surface area contributed by atoms with Crippen molar-refractivity contribution in [2.75, 3.05) is 6.54 Å².